The SMILES string of the molecule is O=C1[C@@H]2CCCN2C(=O)N1CCCC[NH+]1CCN(c2ccc(F)cc2)CC1. The zero-order chi connectivity index (χ0) is 18.8. The molecule has 7 heteroatoms. The molecule has 146 valence electrons. The lowest BCUT2D eigenvalue weighted by Crippen LogP contribution is -3.14. The molecule has 3 aliphatic rings. The number of anilines is 1. The number of urea groups is 1. The van der Waals surface area contributed by atoms with Crippen molar-refractivity contribution in [2.45, 2.75) is 31.7 Å². The van der Waals surface area contributed by atoms with Crippen LogP contribution in [0.4, 0.5) is 14.9 Å². The molecule has 1 aromatic rings. The molecule has 6 nitrogen and oxygen atoms in total. The van der Waals surface area contributed by atoms with Gasteiger partial charge < -0.3 is 14.7 Å². The largest absolute Gasteiger partial charge is 0.360 e. The normalized spacial score (nSPS) is 23.4. The average molecular weight is 375 g/mol. The molecular weight excluding hydrogens is 347 g/mol. The molecule has 0 bridgehead atoms. The molecule has 0 spiro atoms. The lowest BCUT2D eigenvalue weighted by molar-refractivity contribution is -0.900. The van der Waals surface area contributed by atoms with E-state index in [1.807, 2.05) is 12.1 Å². The summed E-state index contributed by atoms with van der Waals surface area (Å²) in [5, 5.41) is 0. The first-order valence-corrected chi connectivity index (χ1v) is 10.1. The molecule has 1 aromatic carbocycles. The van der Waals surface area contributed by atoms with Crippen molar-refractivity contribution in [1.29, 1.82) is 0 Å². The Bertz CT molecular complexity index is 666. The minimum Gasteiger partial charge on any atom is -0.360 e. The molecule has 3 fully saturated rings. The number of hydrogen-bond donors (Lipinski definition) is 1. The standard InChI is InChI=1S/C20H27FN4O2/c21-16-5-7-17(8-6-16)23-14-12-22(13-15-23)9-1-2-10-25-19(26)18-4-3-11-24(18)20(25)27/h5-8,18H,1-4,9-15H2/p+1/t18-/m0/s1. The summed E-state index contributed by atoms with van der Waals surface area (Å²) in [4.78, 5) is 31.7. The number of carbonyl (C=O) groups is 2. The number of amides is 3. The number of halogens is 1. The lowest BCUT2D eigenvalue weighted by Gasteiger charge is -2.33. The highest BCUT2D eigenvalue weighted by Crippen LogP contribution is 2.27. The molecule has 1 atom stereocenters. The van der Waals surface area contributed by atoms with Crippen LogP contribution < -0.4 is 9.80 Å². The van der Waals surface area contributed by atoms with Crippen molar-refractivity contribution >= 4 is 17.6 Å². The predicted molar refractivity (Wildman–Crippen MR) is 100 cm³/mol. The number of unbranched alkanes of at least 4 members (excludes halogenated alkanes) is 1. The molecule has 3 saturated heterocycles. The van der Waals surface area contributed by atoms with Gasteiger partial charge in [-0.15, -0.1) is 0 Å². The first-order chi connectivity index (χ1) is 13.1. The van der Waals surface area contributed by atoms with E-state index in [9.17, 15) is 14.0 Å². The number of nitrogens with zero attached hydrogens (tertiary/aromatic N) is 3. The third-order valence-electron chi connectivity index (χ3n) is 6.10. The molecule has 1 N–H and O–H groups in total. The zero-order valence-electron chi connectivity index (χ0n) is 15.7. The Labute approximate surface area is 159 Å². The van der Waals surface area contributed by atoms with Crippen molar-refractivity contribution < 1.29 is 18.9 Å². The van der Waals surface area contributed by atoms with Crippen LogP contribution in [0.25, 0.3) is 0 Å². The quantitative estimate of drug-likeness (QED) is 0.589. The summed E-state index contributed by atoms with van der Waals surface area (Å²) < 4.78 is 13.0. The van der Waals surface area contributed by atoms with E-state index in [2.05, 4.69) is 4.90 Å². The fraction of sp³-hybridized carbons (Fsp3) is 0.600. The van der Waals surface area contributed by atoms with E-state index in [-0.39, 0.29) is 23.8 Å². The smallest absolute Gasteiger partial charge is 0.327 e. The van der Waals surface area contributed by atoms with Crippen molar-refractivity contribution in [2.24, 2.45) is 0 Å². The number of rotatable bonds is 6. The minimum absolute atomic E-state index is 0.0118. The highest BCUT2D eigenvalue weighted by atomic mass is 19.1. The molecule has 3 heterocycles. The van der Waals surface area contributed by atoms with E-state index >= 15 is 0 Å². The van der Waals surface area contributed by atoms with Crippen LogP contribution in [0.2, 0.25) is 0 Å². The molecule has 0 aromatic heterocycles. The van der Waals surface area contributed by atoms with Crippen LogP contribution in [0, 0.1) is 5.82 Å². The topological polar surface area (TPSA) is 48.3 Å². The minimum atomic E-state index is -0.196. The molecule has 3 amide bonds. The summed E-state index contributed by atoms with van der Waals surface area (Å²) in [5.41, 5.74) is 1.09. The Morgan fingerprint density at radius 2 is 1.78 bits per heavy atom. The summed E-state index contributed by atoms with van der Waals surface area (Å²) in [6.07, 6.45) is 3.67. The van der Waals surface area contributed by atoms with Crippen LogP contribution in [0.5, 0.6) is 0 Å². The van der Waals surface area contributed by atoms with Gasteiger partial charge in [0.25, 0.3) is 5.91 Å². The van der Waals surface area contributed by atoms with Gasteiger partial charge in [-0.1, -0.05) is 0 Å². The third-order valence-corrected chi connectivity index (χ3v) is 6.10. The second-order valence-corrected chi connectivity index (χ2v) is 7.79. The summed E-state index contributed by atoms with van der Waals surface area (Å²) in [7, 11) is 0. The number of carbonyl (C=O) groups excluding carboxylic acids is 2. The van der Waals surface area contributed by atoms with Crippen molar-refractivity contribution in [3.63, 3.8) is 0 Å². The van der Waals surface area contributed by atoms with Crippen LogP contribution in [-0.4, -0.2) is 73.6 Å². The van der Waals surface area contributed by atoms with E-state index in [1.165, 1.54) is 17.0 Å². The van der Waals surface area contributed by atoms with Gasteiger partial charge in [0.15, 0.2) is 0 Å². The molecule has 0 saturated carbocycles. The summed E-state index contributed by atoms with van der Waals surface area (Å²) in [6, 6.07) is 6.46. The predicted octanol–water partition coefficient (Wildman–Crippen LogP) is 0.737. The van der Waals surface area contributed by atoms with Gasteiger partial charge in [-0.05, 0) is 49.9 Å². The Hall–Kier alpha value is -2.15. The molecular formula is C20H28FN4O2+. The summed E-state index contributed by atoms with van der Waals surface area (Å²) >= 11 is 0. The molecule has 0 aliphatic carbocycles. The van der Waals surface area contributed by atoms with Crippen molar-refractivity contribution in [1.82, 2.24) is 9.80 Å². The first kappa shape index (κ1) is 18.2. The maximum Gasteiger partial charge on any atom is 0.327 e. The second kappa shape index (κ2) is 7.84. The third kappa shape index (κ3) is 3.78. The number of imide groups is 1. The zero-order valence-corrected chi connectivity index (χ0v) is 15.7. The van der Waals surface area contributed by atoms with Crippen LogP contribution in [0.3, 0.4) is 0 Å². The number of hydrogen-bond acceptors (Lipinski definition) is 3. The number of fused-ring (bicyclic) bond motifs is 1. The summed E-state index contributed by atoms with van der Waals surface area (Å²) in [6.45, 7) is 6.43. The van der Waals surface area contributed by atoms with E-state index in [1.54, 1.807) is 9.80 Å². The van der Waals surface area contributed by atoms with Gasteiger partial charge >= 0.3 is 6.03 Å². The number of piperazine rings is 1. The van der Waals surface area contributed by atoms with Crippen LogP contribution in [0.1, 0.15) is 25.7 Å². The van der Waals surface area contributed by atoms with E-state index in [0.29, 0.717) is 6.54 Å². The maximum atomic E-state index is 13.0. The fourth-order valence-electron chi connectivity index (χ4n) is 4.52. The fourth-order valence-corrected chi connectivity index (χ4v) is 4.52. The molecule has 27 heavy (non-hydrogen) atoms. The molecule has 4 rings (SSSR count). The Morgan fingerprint density at radius 3 is 2.48 bits per heavy atom. The van der Waals surface area contributed by atoms with Gasteiger partial charge in [-0.2, -0.15) is 0 Å². The number of benzene rings is 1. The Morgan fingerprint density at radius 1 is 1.04 bits per heavy atom. The molecule has 3 aliphatic heterocycles. The van der Waals surface area contributed by atoms with Gasteiger partial charge in [-0.25, -0.2) is 9.18 Å². The Kier molecular flexibility index (Phi) is 5.29. The molecule has 0 unspecified atom stereocenters. The van der Waals surface area contributed by atoms with E-state index in [0.717, 1.165) is 70.6 Å². The summed E-state index contributed by atoms with van der Waals surface area (Å²) in [5.74, 6) is -0.184. The van der Waals surface area contributed by atoms with Gasteiger partial charge in [0.2, 0.25) is 0 Å². The van der Waals surface area contributed by atoms with Crippen molar-refractivity contribution in [2.75, 3.05) is 50.7 Å². The Balaban J connectivity index is 1.16. The first-order valence-electron chi connectivity index (χ1n) is 10.1. The molecule has 0 radical (unpaired) electrons. The number of quaternary nitrogens is 1. The van der Waals surface area contributed by atoms with Gasteiger partial charge in [-0.3, -0.25) is 9.69 Å². The van der Waals surface area contributed by atoms with E-state index in [4.69, 9.17) is 0 Å². The average Bonchev–Trinajstić information content (AvgIpc) is 3.25. The highest BCUT2D eigenvalue weighted by Gasteiger charge is 2.46. The maximum absolute atomic E-state index is 13.0. The van der Waals surface area contributed by atoms with Gasteiger partial charge in [0.05, 0.1) is 32.7 Å². The number of nitrogens with one attached hydrogen (secondary N) is 1. The van der Waals surface area contributed by atoms with Gasteiger partial charge in [0, 0.05) is 18.8 Å². The van der Waals surface area contributed by atoms with E-state index < -0.39 is 0 Å². The van der Waals surface area contributed by atoms with Gasteiger partial charge in [0.1, 0.15) is 11.9 Å². The highest BCUT2D eigenvalue weighted by molar-refractivity contribution is 6.04. The lowest BCUT2D eigenvalue weighted by atomic mass is 10.2. The van der Waals surface area contributed by atoms with Crippen LogP contribution >= 0.6 is 0 Å². The monoisotopic (exact) mass is 375 g/mol. The van der Waals surface area contributed by atoms with Crippen LogP contribution in [-0.2, 0) is 4.79 Å². The van der Waals surface area contributed by atoms with Crippen LogP contribution in [0.15, 0.2) is 24.3 Å². The second-order valence-electron chi connectivity index (χ2n) is 7.79. The van der Waals surface area contributed by atoms with Crippen molar-refractivity contribution in [3.05, 3.63) is 30.1 Å². The van der Waals surface area contributed by atoms with Crippen molar-refractivity contribution in [3.8, 4) is 0 Å².